The number of aliphatic hydroxyl groups excluding tert-OH is 1. The standard InChI is InChI=1S/C23H28N4O6/c24-17(14-28)21(30)25-13-20(29)26-18(11-15-7-3-1-4-8-15)22(31)27-19(23(32)33)12-16-9-5-2-6-10-16/h1-10,17-19,28H,11-14,24H2,(H,25,30)(H,26,29)(H,27,31)(H,32,33). The number of hydrogen-bond acceptors (Lipinski definition) is 6. The van der Waals surface area contributed by atoms with Crippen molar-refractivity contribution in [3.63, 3.8) is 0 Å². The first-order chi connectivity index (χ1) is 15.8. The average Bonchev–Trinajstić information content (AvgIpc) is 2.82. The lowest BCUT2D eigenvalue weighted by Crippen LogP contribution is -2.55. The number of carboxylic acids is 1. The zero-order valence-electron chi connectivity index (χ0n) is 17.9. The molecular formula is C23H28N4O6. The maximum Gasteiger partial charge on any atom is 0.326 e. The SMILES string of the molecule is NC(CO)C(=O)NCC(=O)NC(Cc1ccccc1)C(=O)NC(Cc1ccccc1)C(=O)O. The Kier molecular flexibility index (Phi) is 10.00. The Morgan fingerprint density at radius 1 is 0.788 bits per heavy atom. The number of carbonyl (C=O) groups excluding carboxylic acids is 3. The van der Waals surface area contributed by atoms with Crippen LogP contribution in [0.2, 0.25) is 0 Å². The highest BCUT2D eigenvalue weighted by Crippen LogP contribution is 2.07. The summed E-state index contributed by atoms with van der Waals surface area (Å²) in [5, 5.41) is 25.8. The highest BCUT2D eigenvalue weighted by molar-refractivity contribution is 5.92. The van der Waals surface area contributed by atoms with Crippen LogP contribution in [0.5, 0.6) is 0 Å². The van der Waals surface area contributed by atoms with Gasteiger partial charge in [0.25, 0.3) is 0 Å². The van der Waals surface area contributed by atoms with Gasteiger partial charge in [0.05, 0.1) is 13.2 Å². The molecule has 0 aliphatic rings. The zero-order chi connectivity index (χ0) is 24.2. The Bertz CT molecular complexity index is 938. The van der Waals surface area contributed by atoms with Gasteiger partial charge >= 0.3 is 5.97 Å². The average molecular weight is 456 g/mol. The monoisotopic (exact) mass is 456 g/mol. The molecular weight excluding hydrogens is 428 g/mol. The molecule has 7 N–H and O–H groups in total. The number of benzene rings is 2. The van der Waals surface area contributed by atoms with Crippen molar-refractivity contribution in [2.45, 2.75) is 31.0 Å². The van der Waals surface area contributed by atoms with Crippen LogP contribution in [0.1, 0.15) is 11.1 Å². The quantitative estimate of drug-likeness (QED) is 0.237. The van der Waals surface area contributed by atoms with Crippen molar-refractivity contribution in [2.24, 2.45) is 5.73 Å². The van der Waals surface area contributed by atoms with Crippen molar-refractivity contribution in [3.8, 4) is 0 Å². The highest BCUT2D eigenvalue weighted by atomic mass is 16.4. The van der Waals surface area contributed by atoms with Gasteiger partial charge in [0.2, 0.25) is 17.7 Å². The van der Waals surface area contributed by atoms with Gasteiger partial charge < -0.3 is 31.9 Å². The summed E-state index contributed by atoms with van der Waals surface area (Å²) >= 11 is 0. The molecule has 0 spiro atoms. The first-order valence-electron chi connectivity index (χ1n) is 10.3. The molecule has 0 aromatic heterocycles. The summed E-state index contributed by atoms with van der Waals surface area (Å²) in [7, 11) is 0. The summed E-state index contributed by atoms with van der Waals surface area (Å²) in [6.45, 7) is -1.04. The molecule has 176 valence electrons. The van der Waals surface area contributed by atoms with Crippen LogP contribution < -0.4 is 21.7 Å². The fraction of sp³-hybridized carbons (Fsp3) is 0.304. The fourth-order valence-electron chi connectivity index (χ4n) is 3.01. The number of aliphatic carboxylic acids is 1. The van der Waals surface area contributed by atoms with Crippen molar-refractivity contribution < 1.29 is 29.4 Å². The molecule has 3 unspecified atom stereocenters. The molecule has 10 heteroatoms. The third-order valence-electron chi connectivity index (χ3n) is 4.79. The van der Waals surface area contributed by atoms with Crippen LogP contribution in [0, 0.1) is 0 Å². The molecule has 2 aromatic rings. The number of amides is 3. The van der Waals surface area contributed by atoms with Crippen LogP contribution in [-0.2, 0) is 32.0 Å². The van der Waals surface area contributed by atoms with Crippen molar-refractivity contribution in [3.05, 3.63) is 71.8 Å². The second kappa shape index (κ2) is 12.9. The van der Waals surface area contributed by atoms with Gasteiger partial charge in [0.15, 0.2) is 0 Å². The van der Waals surface area contributed by atoms with E-state index in [9.17, 15) is 24.3 Å². The molecule has 0 saturated heterocycles. The summed E-state index contributed by atoms with van der Waals surface area (Å²) in [6, 6.07) is 14.3. The molecule has 0 radical (unpaired) electrons. The number of rotatable bonds is 12. The molecule has 0 heterocycles. The molecule has 0 aliphatic heterocycles. The second-order valence-electron chi connectivity index (χ2n) is 7.41. The number of nitrogens with one attached hydrogen (secondary N) is 3. The Morgan fingerprint density at radius 3 is 1.79 bits per heavy atom. The number of carboxylic acid groups (broad SMARTS) is 1. The minimum Gasteiger partial charge on any atom is -0.480 e. The third kappa shape index (κ3) is 8.71. The van der Waals surface area contributed by atoms with E-state index in [0.717, 1.165) is 11.1 Å². The molecule has 0 saturated carbocycles. The zero-order valence-corrected chi connectivity index (χ0v) is 17.9. The molecule has 10 nitrogen and oxygen atoms in total. The Labute approximate surface area is 191 Å². The molecule has 2 rings (SSSR count). The van der Waals surface area contributed by atoms with E-state index in [1.54, 1.807) is 60.7 Å². The van der Waals surface area contributed by atoms with Gasteiger partial charge in [-0.15, -0.1) is 0 Å². The number of hydrogen-bond donors (Lipinski definition) is 6. The topological polar surface area (TPSA) is 171 Å². The first-order valence-corrected chi connectivity index (χ1v) is 10.3. The van der Waals surface area contributed by atoms with E-state index in [1.807, 2.05) is 0 Å². The summed E-state index contributed by atoms with van der Waals surface area (Å²) in [6.07, 6.45) is 0.184. The van der Waals surface area contributed by atoms with E-state index >= 15 is 0 Å². The van der Waals surface area contributed by atoms with Crippen LogP contribution in [0.15, 0.2) is 60.7 Å². The lowest BCUT2D eigenvalue weighted by molar-refractivity contribution is -0.142. The third-order valence-corrected chi connectivity index (χ3v) is 4.79. The van der Waals surface area contributed by atoms with Crippen molar-refractivity contribution in [1.82, 2.24) is 16.0 Å². The lowest BCUT2D eigenvalue weighted by atomic mass is 10.0. The van der Waals surface area contributed by atoms with Crippen LogP contribution >= 0.6 is 0 Å². The molecule has 0 fully saturated rings. The van der Waals surface area contributed by atoms with Crippen molar-refractivity contribution in [2.75, 3.05) is 13.2 Å². The molecule has 0 bridgehead atoms. The first kappa shape index (κ1) is 25.5. The van der Waals surface area contributed by atoms with Gasteiger partial charge in [-0.2, -0.15) is 0 Å². The van der Waals surface area contributed by atoms with E-state index in [4.69, 9.17) is 10.8 Å². The highest BCUT2D eigenvalue weighted by Gasteiger charge is 2.27. The maximum absolute atomic E-state index is 13.0. The minimum atomic E-state index is -1.21. The fourth-order valence-corrected chi connectivity index (χ4v) is 3.01. The molecule has 2 aromatic carbocycles. The van der Waals surface area contributed by atoms with Gasteiger partial charge in [-0.1, -0.05) is 60.7 Å². The lowest BCUT2D eigenvalue weighted by Gasteiger charge is -2.22. The smallest absolute Gasteiger partial charge is 0.326 e. The number of nitrogens with two attached hydrogens (primary N) is 1. The van der Waals surface area contributed by atoms with Gasteiger partial charge in [-0.25, -0.2) is 4.79 Å². The van der Waals surface area contributed by atoms with Gasteiger partial charge in [0, 0.05) is 12.8 Å². The summed E-state index contributed by atoms with van der Waals surface area (Å²) < 4.78 is 0. The van der Waals surface area contributed by atoms with Crippen molar-refractivity contribution >= 4 is 23.7 Å². The predicted molar refractivity (Wildman–Crippen MR) is 120 cm³/mol. The summed E-state index contributed by atoms with van der Waals surface area (Å²) in [5.74, 6) is -3.26. The van der Waals surface area contributed by atoms with Gasteiger partial charge in [0.1, 0.15) is 18.1 Å². The Balaban J connectivity index is 2.09. The Hall–Kier alpha value is -3.76. The van der Waals surface area contributed by atoms with E-state index in [0.29, 0.717) is 0 Å². The predicted octanol–water partition coefficient (Wildman–Crippen LogP) is -1.04. The van der Waals surface area contributed by atoms with Gasteiger partial charge in [-0.05, 0) is 11.1 Å². The largest absolute Gasteiger partial charge is 0.480 e. The van der Waals surface area contributed by atoms with Crippen LogP contribution in [0.3, 0.4) is 0 Å². The number of carbonyl (C=O) groups is 4. The van der Waals surface area contributed by atoms with E-state index in [-0.39, 0.29) is 12.8 Å². The van der Waals surface area contributed by atoms with E-state index in [1.165, 1.54) is 0 Å². The minimum absolute atomic E-state index is 0.0724. The van der Waals surface area contributed by atoms with E-state index < -0.39 is 55.0 Å². The molecule has 0 aliphatic carbocycles. The normalized spacial score (nSPS) is 13.3. The molecule has 3 atom stereocenters. The van der Waals surface area contributed by atoms with E-state index in [2.05, 4.69) is 16.0 Å². The molecule has 3 amide bonds. The maximum atomic E-state index is 13.0. The van der Waals surface area contributed by atoms with Crippen molar-refractivity contribution in [1.29, 1.82) is 0 Å². The second-order valence-corrected chi connectivity index (χ2v) is 7.41. The summed E-state index contributed by atoms with van der Waals surface area (Å²) in [5.41, 5.74) is 6.87. The Morgan fingerprint density at radius 2 is 1.30 bits per heavy atom. The van der Waals surface area contributed by atoms with Crippen LogP contribution in [0.25, 0.3) is 0 Å². The van der Waals surface area contributed by atoms with Crippen LogP contribution in [-0.4, -0.2) is 65.2 Å². The van der Waals surface area contributed by atoms with Gasteiger partial charge in [-0.3, -0.25) is 14.4 Å². The van der Waals surface area contributed by atoms with Crippen LogP contribution in [0.4, 0.5) is 0 Å². The molecule has 33 heavy (non-hydrogen) atoms. The summed E-state index contributed by atoms with van der Waals surface area (Å²) in [4.78, 5) is 48.7. The number of aliphatic hydroxyl groups is 1.